The van der Waals surface area contributed by atoms with E-state index in [9.17, 15) is 0 Å². The molecule has 5 nitrogen and oxygen atoms in total. The second-order valence-electron chi connectivity index (χ2n) is 2.80. The summed E-state index contributed by atoms with van der Waals surface area (Å²) in [4.78, 5) is 0. The SMILES string of the molecule is CCn1cc(OCc2ccno2)cn1. The topological polar surface area (TPSA) is 53.1 Å². The van der Waals surface area contributed by atoms with Crippen molar-refractivity contribution in [3.8, 4) is 5.75 Å². The summed E-state index contributed by atoms with van der Waals surface area (Å²) < 4.78 is 12.1. The second kappa shape index (κ2) is 3.95. The Morgan fingerprint density at radius 3 is 3.14 bits per heavy atom. The Morgan fingerprint density at radius 2 is 2.50 bits per heavy atom. The van der Waals surface area contributed by atoms with Crippen LogP contribution in [0.15, 0.2) is 29.2 Å². The molecule has 0 radical (unpaired) electrons. The molecular formula is C9H11N3O2. The molecule has 2 rings (SSSR count). The molecule has 0 fully saturated rings. The van der Waals surface area contributed by atoms with Crippen LogP contribution in [0.2, 0.25) is 0 Å². The van der Waals surface area contributed by atoms with E-state index in [-0.39, 0.29) is 0 Å². The number of aromatic nitrogens is 3. The molecule has 0 saturated heterocycles. The molecule has 2 aromatic rings. The predicted octanol–water partition coefficient (Wildman–Crippen LogP) is 1.47. The number of hydrogen-bond donors (Lipinski definition) is 0. The Kier molecular flexibility index (Phi) is 2.48. The van der Waals surface area contributed by atoms with Crippen molar-refractivity contribution in [1.82, 2.24) is 14.9 Å². The van der Waals surface area contributed by atoms with Gasteiger partial charge in [-0.15, -0.1) is 0 Å². The van der Waals surface area contributed by atoms with Crippen LogP contribution >= 0.6 is 0 Å². The van der Waals surface area contributed by atoms with Gasteiger partial charge in [0.15, 0.2) is 11.5 Å². The lowest BCUT2D eigenvalue weighted by atomic mass is 10.5. The molecule has 0 unspecified atom stereocenters. The van der Waals surface area contributed by atoms with E-state index < -0.39 is 0 Å². The average molecular weight is 193 g/mol. The fraction of sp³-hybridized carbons (Fsp3) is 0.333. The molecule has 14 heavy (non-hydrogen) atoms. The van der Waals surface area contributed by atoms with Gasteiger partial charge in [-0.25, -0.2) is 0 Å². The van der Waals surface area contributed by atoms with Crippen LogP contribution in [0, 0.1) is 0 Å². The first-order valence-electron chi connectivity index (χ1n) is 4.43. The molecule has 0 aliphatic carbocycles. The van der Waals surface area contributed by atoms with Crippen molar-refractivity contribution in [3.05, 3.63) is 30.4 Å². The first kappa shape index (κ1) is 8.80. The zero-order valence-corrected chi connectivity index (χ0v) is 7.88. The normalized spacial score (nSPS) is 10.4. The fourth-order valence-corrected chi connectivity index (χ4v) is 1.06. The van der Waals surface area contributed by atoms with E-state index in [1.165, 1.54) is 0 Å². The maximum absolute atomic E-state index is 5.42. The highest BCUT2D eigenvalue weighted by atomic mass is 16.5. The van der Waals surface area contributed by atoms with Crippen molar-refractivity contribution < 1.29 is 9.26 Å². The van der Waals surface area contributed by atoms with Gasteiger partial charge in [-0.3, -0.25) is 4.68 Å². The summed E-state index contributed by atoms with van der Waals surface area (Å²) in [5, 5.41) is 7.66. The highest BCUT2D eigenvalue weighted by Crippen LogP contribution is 2.10. The Bertz CT molecular complexity index is 380. The Labute approximate surface area is 81.3 Å². The minimum atomic E-state index is 0.384. The van der Waals surface area contributed by atoms with Crippen LogP contribution in [0.4, 0.5) is 0 Å². The zero-order chi connectivity index (χ0) is 9.80. The van der Waals surface area contributed by atoms with Crippen LogP contribution in [0.25, 0.3) is 0 Å². The van der Waals surface area contributed by atoms with E-state index in [2.05, 4.69) is 10.3 Å². The first-order chi connectivity index (χ1) is 6.88. The molecule has 0 aliphatic rings. The van der Waals surface area contributed by atoms with E-state index in [0.717, 1.165) is 12.3 Å². The third-order valence-corrected chi connectivity index (χ3v) is 1.81. The summed E-state index contributed by atoms with van der Waals surface area (Å²) in [7, 11) is 0. The summed E-state index contributed by atoms with van der Waals surface area (Å²) in [5.74, 6) is 1.44. The maximum atomic E-state index is 5.42. The zero-order valence-electron chi connectivity index (χ0n) is 7.88. The molecule has 0 saturated carbocycles. The standard InChI is InChI=1S/C9H11N3O2/c1-2-12-6-9(5-10-12)13-7-8-3-4-11-14-8/h3-6H,2,7H2,1H3. The van der Waals surface area contributed by atoms with Crippen molar-refractivity contribution in [2.24, 2.45) is 0 Å². The van der Waals surface area contributed by atoms with Crippen molar-refractivity contribution >= 4 is 0 Å². The fourth-order valence-electron chi connectivity index (χ4n) is 1.06. The third kappa shape index (κ3) is 1.93. The molecule has 2 heterocycles. The highest BCUT2D eigenvalue weighted by molar-refractivity contribution is 5.12. The van der Waals surface area contributed by atoms with Crippen LogP contribution in [0.1, 0.15) is 12.7 Å². The first-order valence-corrected chi connectivity index (χ1v) is 4.43. The van der Waals surface area contributed by atoms with Crippen molar-refractivity contribution in [2.75, 3.05) is 0 Å². The summed E-state index contributed by atoms with van der Waals surface area (Å²) in [6.07, 6.45) is 5.12. The molecular weight excluding hydrogens is 182 g/mol. The van der Waals surface area contributed by atoms with E-state index in [4.69, 9.17) is 9.26 Å². The molecule has 0 aromatic carbocycles. The lowest BCUT2D eigenvalue weighted by molar-refractivity contribution is 0.249. The van der Waals surface area contributed by atoms with Gasteiger partial charge >= 0.3 is 0 Å². The number of aryl methyl sites for hydroxylation is 1. The number of hydrogen-bond acceptors (Lipinski definition) is 4. The molecule has 74 valence electrons. The lowest BCUT2D eigenvalue weighted by Gasteiger charge is -1.98. The van der Waals surface area contributed by atoms with E-state index in [0.29, 0.717) is 12.4 Å². The molecule has 0 N–H and O–H groups in total. The molecule has 0 bridgehead atoms. The summed E-state index contributed by atoms with van der Waals surface area (Å²) in [6, 6.07) is 1.77. The van der Waals surface area contributed by atoms with Gasteiger partial charge in [-0.1, -0.05) is 5.16 Å². The van der Waals surface area contributed by atoms with Gasteiger partial charge in [-0.05, 0) is 6.92 Å². The van der Waals surface area contributed by atoms with E-state index >= 15 is 0 Å². The second-order valence-corrected chi connectivity index (χ2v) is 2.80. The monoisotopic (exact) mass is 193 g/mol. The Hall–Kier alpha value is -1.78. The van der Waals surface area contributed by atoms with Crippen LogP contribution in [0.3, 0.4) is 0 Å². The summed E-state index contributed by atoms with van der Waals surface area (Å²) in [5.41, 5.74) is 0. The molecule has 0 spiro atoms. The van der Waals surface area contributed by atoms with Crippen LogP contribution < -0.4 is 4.74 Å². The van der Waals surface area contributed by atoms with Crippen molar-refractivity contribution in [3.63, 3.8) is 0 Å². The minimum absolute atomic E-state index is 0.384. The smallest absolute Gasteiger partial charge is 0.174 e. The van der Waals surface area contributed by atoms with Crippen molar-refractivity contribution in [1.29, 1.82) is 0 Å². The van der Waals surface area contributed by atoms with Gasteiger partial charge in [0.1, 0.15) is 6.61 Å². The summed E-state index contributed by atoms with van der Waals surface area (Å²) in [6.45, 7) is 3.24. The molecule has 0 amide bonds. The van der Waals surface area contributed by atoms with E-state index in [1.54, 1.807) is 23.1 Å². The Balaban J connectivity index is 1.92. The van der Waals surface area contributed by atoms with Crippen LogP contribution in [-0.4, -0.2) is 14.9 Å². The van der Waals surface area contributed by atoms with Crippen LogP contribution in [0.5, 0.6) is 5.75 Å². The van der Waals surface area contributed by atoms with Gasteiger partial charge in [-0.2, -0.15) is 5.10 Å². The predicted molar refractivity (Wildman–Crippen MR) is 48.7 cm³/mol. The molecule has 5 heteroatoms. The minimum Gasteiger partial charge on any atom is -0.482 e. The maximum Gasteiger partial charge on any atom is 0.174 e. The van der Waals surface area contributed by atoms with Gasteiger partial charge < -0.3 is 9.26 Å². The highest BCUT2D eigenvalue weighted by Gasteiger charge is 2.00. The molecule has 0 atom stereocenters. The lowest BCUT2D eigenvalue weighted by Crippen LogP contribution is -1.94. The molecule has 0 aliphatic heterocycles. The number of rotatable bonds is 4. The number of ether oxygens (including phenoxy) is 1. The van der Waals surface area contributed by atoms with Crippen LogP contribution in [-0.2, 0) is 13.2 Å². The average Bonchev–Trinajstić information content (AvgIpc) is 2.86. The van der Waals surface area contributed by atoms with Gasteiger partial charge in [0.2, 0.25) is 0 Å². The quantitative estimate of drug-likeness (QED) is 0.737. The molecule has 2 aromatic heterocycles. The van der Waals surface area contributed by atoms with Gasteiger partial charge in [0.05, 0.1) is 18.6 Å². The largest absolute Gasteiger partial charge is 0.482 e. The Morgan fingerprint density at radius 1 is 1.57 bits per heavy atom. The number of nitrogens with zero attached hydrogens (tertiary/aromatic N) is 3. The van der Waals surface area contributed by atoms with Gasteiger partial charge in [0.25, 0.3) is 0 Å². The van der Waals surface area contributed by atoms with Gasteiger partial charge in [0, 0.05) is 12.6 Å². The van der Waals surface area contributed by atoms with Crippen molar-refractivity contribution in [2.45, 2.75) is 20.1 Å². The summed E-state index contributed by atoms with van der Waals surface area (Å²) >= 11 is 0. The van der Waals surface area contributed by atoms with E-state index in [1.807, 2.05) is 13.1 Å². The third-order valence-electron chi connectivity index (χ3n) is 1.81.